The molecule has 0 unspecified atom stereocenters. The summed E-state index contributed by atoms with van der Waals surface area (Å²) in [6, 6.07) is 9.34. The Morgan fingerprint density at radius 3 is 2.61 bits per heavy atom. The van der Waals surface area contributed by atoms with E-state index in [1.54, 1.807) is 18.2 Å². The molecule has 0 saturated carbocycles. The molecule has 0 aliphatic rings. The Morgan fingerprint density at radius 1 is 1.16 bits per heavy atom. The molecule has 0 aliphatic heterocycles. The highest BCUT2D eigenvalue weighted by molar-refractivity contribution is 9.10. The second-order valence-corrected chi connectivity index (χ2v) is 7.65. The van der Waals surface area contributed by atoms with Gasteiger partial charge in [0.25, 0.3) is 0 Å². The zero-order chi connectivity index (χ0) is 22.8. The minimum Gasteiger partial charge on any atom is -0.493 e. The lowest BCUT2D eigenvalue weighted by Crippen LogP contribution is -2.21. The average Bonchev–Trinajstić information content (AvgIpc) is 2.73. The van der Waals surface area contributed by atoms with Gasteiger partial charge in [-0.15, -0.1) is 0 Å². The maximum absolute atomic E-state index is 12.1. The van der Waals surface area contributed by atoms with Crippen molar-refractivity contribution >= 4 is 39.6 Å². The number of rotatable bonds is 10. The minimum atomic E-state index is -0.357. The SMILES string of the molecule is C=CCOc1c(Br)cc(C=NNC(=O)CCC(=O)Nc2cc(C)ccc2C)cc1OC. The largest absolute Gasteiger partial charge is 0.493 e. The van der Waals surface area contributed by atoms with Crippen LogP contribution in [0.15, 0.2) is 52.6 Å². The second-order valence-electron chi connectivity index (χ2n) is 6.79. The number of carbonyl (C=O) groups is 2. The first-order valence-corrected chi connectivity index (χ1v) is 10.4. The zero-order valence-electron chi connectivity index (χ0n) is 17.8. The lowest BCUT2D eigenvalue weighted by molar-refractivity contribution is -0.124. The van der Waals surface area contributed by atoms with Crippen LogP contribution in [0.4, 0.5) is 5.69 Å². The van der Waals surface area contributed by atoms with Gasteiger partial charge in [0.1, 0.15) is 6.61 Å². The van der Waals surface area contributed by atoms with E-state index >= 15 is 0 Å². The van der Waals surface area contributed by atoms with E-state index in [1.807, 2.05) is 32.0 Å². The van der Waals surface area contributed by atoms with E-state index in [9.17, 15) is 9.59 Å². The third-order valence-corrected chi connectivity index (χ3v) is 4.84. The van der Waals surface area contributed by atoms with Crippen LogP contribution in [-0.2, 0) is 9.59 Å². The van der Waals surface area contributed by atoms with Crippen LogP contribution >= 0.6 is 15.9 Å². The van der Waals surface area contributed by atoms with Crippen LogP contribution < -0.4 is 20.2 Å². The Hall–Kier alpha value is -3.13. The molecule has 2 rings (SSSR count). The number of hydrogen-bond donors (Lipinski definition) is 2. The zero-order valence-corrected chi connectivity index (χ0v) is 19.4. The molecule has 164 valence electrons. The number of aryl methyl sites for hydroxylation is 2. The molecule has 0 fully saturated rings. The number of hydrazone groups is 1. The molecule has 0 saturated heterocycles. The van der Waals surface area contributed by atoms with Gasteiger partial charge in [-0.2, -0.15) is 5.10 Å². The number of hydrogen-bond acceptors (Lipinski definition) is 5. The molecule has 0 radical (unpaired) electrons. The van der Waals surface area contributed by atoms with E-state index in [4.69, 9.17) is 9.47 Å². The summed E-state index contributed by atoms with van der Waals surface area (Å²) in [5.41, 5.74) is 5.90. The van der Waals surface area contributed by atoms with Gasteiger partial charge in [-0.05, 0) is 64.7 Å². The minimum absolute atomic E-state index is 0.0232. The predicted octanol–water partition coefficient (Wildman–Crippen LogP) is 4.51. The molecule has 0 aromatic heterocycles. The fraction of sp³-hybridized carbons (Fsp3) is 0.261. The van der Waals surface area contributed by atoms with Gasteiger partial charge in [-0.3, -0.25) is 9.59 Å². The number of anilines is 1. The molecule has 2 aromatic carbocycles. The smallest absolute Gasteiger partial charge is 0.240 e. The summed E-state index contributed by atoms with van der Waals surface area (Å²) in [6.07, 6.45) is 3.20. The van der Waals surface area contributed by atoms with E-state index in [1.165, 1.54) is 13.3 Å². The fourth-order valence-electron chi connectivity index (χ4n) is 2.64. The molecular weight excluding hydrogens is 462 g/mol. The molecule has 7 nitrogen and oxygen atoms in total. The summed E-state index contributed by atoms with van der Waals surface area (Å²) >= 11 is 3.43. The van der Waals surface area contributed by atoms with E-state index in [0.717, 1.165) is 16.8 Å². The van der Waals surface area contributed by atoms with Gasteiger partial charge in [0.05, 0.1) is 17.8 Å². The number of nitrogens with one attached hydrogen (secondary N) is 2. The summed E-state index contributed by atoms with van der Waals surface area (Å²) in [7, 11) is 1.54. The van der Waals surface area contributed by atoms with Gasteiger partial charge in [0.2, 0.25) is 11.8 Å². The van der Waals surface area contributed by atoms with Crippen molar-refractivity contribution in [2.75, 3.05) is 19.0 Å². The molecule has 0 atom stereocenters. The normalized spacial score (nSPS) is 10.6. The third kappa shape index (κ3) is 7.57. The van der Waals surface area contributed by atoms with E-state index in [2.05, 4.69) is 38.4 Å². The van der Waals surface area contributed by atoms with Crippen LogP contribution in [0, 0.1) is 13.8 Å². The van der Waals surface area contributed by atoms with Crippen LogP contribution in [0.25, 0.3) is 0 Å². The number of methoxy groups -OCH3 is 1. The first-order chi connectivity index (χ1) is 14.8. The Kier molecular flexibility index (Phi) is 9.27. The fourth-order valence-corrected chi connectivity index (χ4v) is 3.22. The molecular formula is C23H26BrN3O4. The number of benzene rings is 2. The molecule has 31 heavy (non-hydrogen) atoms. The van der Waals surface area contributed by atoms with Gasteiger partial charge in [-0.1, -0.05) is 24.8 Å². The monoisotopic (exact) mass is 487 g/mol. The number of halogens is 1. The van der Waals surface area contributed by atoms with E-state index in [0.29, 0.717) is 28.1 Å². The first kappa shape index (κ1) is 24.1. The number of carbonyl (C=O) groups excluding carboxylic acids is 2. The van der Waals surface area contributed by atoms with Crippen LogP contribution in [0.1, 0.15) is 29.5 Å². The second kappa shape index (κ2) is 11.9. The van der Waals surface area contributed by atoms with Crippen molar-refractivity contribution in [3.05, 3.63) is 64.1 Å². The maximum atomic E-state index is 12.1. The number of amides is 2. The molecule has 0 heterocycles. The Bertz CT molecular complexity index is 989. The van der Waals surface area contributed by atoms with Crippen molar-refractivity contribution in [1.29, 1.82) is 0 Å². The van der Waals surface area contributed by atoms with Gasteiger partial charge >= 0.3 is 0 Å². The highest BCUT2D eigenvalue weighted by atomic mass is 79.9. The summed E-state index contributed by atoms with van der Waals surface area (Å²) in [4.78, 5) is 24.1. The lowest BCUT2D eigenvalue weighted by atomic mass is 10.1. The molecule has 2 amide bonds. The summed E-state index contributed by atoms with van der Waals surface area (Å²) < 4.78 is 11.6. The highest BCUT2D eigenvalue weighted by Gasteiger charge is 2.11. The van der Waals surface area contributed by atoms with Crippen molar-refractivity contribution in [2.24, 2.45) is 5.10 Å². The van der Waals surface area contributed by atoms with Gasteiger partial charge < -0.3 is 14.8 Å². The Labute approximate surface area is 190 Å². The topological polar surface area (TPSA) is 89.0 Å². The van der Waals surface area contributed by atoms with Crippen LogP contribution in [0.5, 0.6) is 11.5 Å². The molecule has 2 aromatic rings. The van der Waals surface area contributed by atoms with E-state index < -0.39 is 0 Å². The quantitative estimate of drug-likeness (QED) is 0.293. The highest BCUT2D eigenvalue weighted by Crippen LogP contribution is 2.36. The van der Waals surface area contributed by atoms with Crippen LogP contribution in [-0.4, -0.2) is 31.7 Å². The molecule has 8 heteroatoms. The summed E-state index contributed by atoms with van der Waals surface area (Å²) in [5.74, 6) is 0.492. The lowest BCUT2D eigenvalue weighted by Gasteiger charge is -2.12. The standard InChI is InChI=1S/C23H26BrN3O4/c1-5-10-31-23-18(24)12-17(13-20(23)30-4)14-25-27-22(29)9-8-21(28)26-19-11-15(2)6-7-16(19)3/h5-7,11-14H,1,8-10H2,2-4H3,(H,26,28)(H,27,29). The van der Waals surface area contributed by atoms with Crippen molar-refractivity contribution in [2.45, 2.75) is 26.7 Å². The molecule has 0 aliphatic carbocycles. The molecule has 2 N–H and O–H groups in total. The van der Waals surface area contributed by atoms with Crippen molar-refractivity contribution in [1.82, 2.24) is 5.43 Å². The summed E-state index contributed by atoms with van der Waals surface area (Å²) in [5, 5.41) is 6.78. The van der Waals surface area contributed by atoms with Crippen molar-refractivity contribution < 1.29 is 19.1 Å². The van der Waals surface area contributed by atoms with Gasteiger partial charge in [0.15, 0.2) is 11.5 Å². The van der Waals surface area contributed by atoms with Crippen LogP contribution in [0.3, 0.4) is 0 Å². The predicted molar refractivity (Wildman–Crippen MR) is 126 cm³/mol. The number of ether oxygens (including phenoxy) is 2. The van der Waals surface area contributed by atoms with Gasteiger partial charge in [-0.25, -0.2) is 5.43 Å². The molecule has 0 spiro atoms. The Morgan fingerprint density at radius 2 is 1.90 bits per heavy atom. The average molecular weight is 488 g/mol. The van der Waals surface area contributed by atoms with Crippen LogP contribution in [0.2, 0.25) is 0 Å². The van der Waals surface area contributed by atoms with Crippen molar-refractivity contribution in [3.8, 4) is 11.5 Å². The maximum Gasteiger partial charge on any atom is 0.240 e. The van der Waals surface area contributed by atoms with E-state index in [-0.39, 0.29) is 24.7 Å². The summed E-state index contributed by atoms with van der Waals surface area (Å²) in [6.45, 7) is 7.84. The van der Waals surface area contributed by atoms with Crippen molar-refractivity contribution in [3.63, 3.8) is 0 Å². The number of nitrogens with zero attached hydrogens (tertiary/aromatic N) is 1. The Balaban J connectivity index is 1.87. The third-order valence-electron chi connectivity index (χ3n) is 4.25. The first-order valence-electron chi connectivity index (χ1n) is 9.64. The van der Waals surface area contributed by atoms with Gasteiger partial charge in [0, 0.05) is 18.5 Å². The molecule has 0 bridgehead atoms.